The third kappa shape index (κ3) is 3.60. The van der Waals surface area contributed by atoms with Crippen LogP contribution in [0.25, 0.3) is 11.1 Å². The second-order valence-electron chi connectivity index (χ2n) is 8.30. The highest BCUT2D eigenvalue weighted by Gasteiger charge is 2.31. The van der Waals surface area contributed by atoms with Gasteiger partial charge in [0.05, 0.1) is 11.1 Å². The van der Waals surface area contributed by atoms with Crippen molar-refractivity contribution in [1.82, 2.24) is 9.55 Å². The van der Waals surface area contributed by atoms with E-state index in [2.05, 4.69) is 10.3 Å². The number of nitrogens with one attached hydrogen (secondary N) is 2. The summed E-state index contributed by atoms with van der Waals surface area (Å²) in [7, 11) is -4.16. The van der Waals surface area contributed by atoms with Crippen LogP contribution in [0.15, 0.2) is 87.6 Å². The van der Waals surface area contributed by atoms with Crippen molar-refractivity contribution in [2.24, 2.45) is 0 Å². The zero-order valence-corrected chi connectivity index (χ0v) is 19.1. The Morgan fingerprint density at radius 2 is 1.74 bits per heavy atom. The van der Waals surface area contributed by atoms with Crippen LogP contribution in [-0.4, -0.2) is 29.9 Å². The van der Waals surface area contributed by atoms with Crippen molar-refractivity contribution >= 4 is 27.1 Å². The van der Waals surface area contributed by atoms with Gasteiger partial charge in [0.25, 0.3) is 5.91 Å². The van der Waals surface area contributed by atoms with Crippen molar-refractivity contribution < 1.29 is 13.2 Å². The van der Waals surface area contributed by atoms with Crippen molar-refractivity contribution in [3.63, 3.8) is 0 Å². The number of benzene rings is 3. The molecule has 1 aliphatic heterocycles. The molecular weight excluding hydrogens is 452 g/mol. The monoisotopic (exact) mass is 474 g/mol. The lowest BCUT2D eigenvalue weighted by atomic mass is 9.97. The molecule has 0 fully saturated rings. The van der Waals surface area contributed by atoms with E-state index in [9.17, 15) is 18.0 Å². The molecule has 0 spiro atoms. The summed E-state index contributed by atoms with van der Waals surface area (Å²) >= 11 is 0. The van der Waals surface area contributed by atoms with Gasteiger partial charge in [0.1, 0.15) is 0 Å². The number of nitrogens with two attached hydrogens (primary N) is 1. The number of sulfone groups is 1. The minimum absolute atomic E-state index is 0.0710. The average molecular weight is 475 g/mol. The Hall–Kier alpha value is -4.11. The van der Waals surface area contributed by atoms with Crippen molar-refractivity contribution in [2.45, 2.75) is 29.3 Å². The molecule has 0 amide bonds. The third-order valence-electron chi connectivity index (χ3n) is 5.90. The fraction of sp³-hybridized carbons (Fsp3) is 0.120. The molecule has 0 bridgehead atoms. The maximum Gasteiger partial charge on any atom is 0.333 e. The van der Waals surface area contributed by atoms with Crippen LogP contribution in [0.4, 0.5) is 11.4 Å². The fourth-order valence-electron chi connectivity index (χ4n) is 4.29. The summed E-state index contributed by atoms with van der Waals surface area (Å²) in [6.07, 6.45) is 1.70. The van der Waals surface area contributed by atoms with Gasteiger partial charge in [0, 0.05) is 28.5 Å². The van der Waals surface area contributed by atoms with Crippen molar-refractivity contribution in [1.29, 1.82) is 0 Å². The molecule has 1 aromatic heterocycles. The van der Waals surface area contributed by atoms with E-state index in [-0.39, 0.29) is 21.5 Å². The van der Waals surface area contributed by atoms with Gasteiger partial charge in [-0.05, 0) is 60.9 Å². The fourth-order valence-corrected chi connectivity index (χ4v) is 5.75. The Balaban J connectivity index is 1.64. The highest BCUT2D eigenvalue weighted by atomic mass is 32.2. The SMILES string of the molecule is CC1Cc2c(ccc(S(=O)(=O)c3cn(C(=O)c4ccc(N)cc4)c(=O)[nH]3)c2-c2ccccc2)N1. The normalized spacial score (nSPS) is 15.0. The molecule has 5 rings (SSSR count). The molecule has 0 saturated heterocycles. The van der Waals surface area contributed by atoms with Crippen LogP contribution in [0.3, 0.4) is 0 Å². The van der Waals surface area contributed by atoms with Gasteiger partial charge in [-0.2, -0.15) is 0 Å². The molecule has 1 atom stereocenters. The van der Waals surface area contributed by atoms with Gasteiger partial charge in [-0.3, -0.25) is 9.78 Å². The maximum absolute atomic E-state index is 13.7. The minimum Gasteiger partial charge on any atom is -0.399 e. The van der Waals surface area contributed by atoms with Crippen LogP contribution < -0.4 is 16.7 Å². The molecule has 1 unspecified atom stereocenters. The van der Waals surface area contributed by atoms with Gasteiger partial charge in [-0.1, -0.05) is 30.3 Å². The predicted octanol–water partition coefficient (Wildman–Crippen LogP) is 3.30. The number of H-pyrrole nitrogens is 1. The topological polar surface area (TPSA) is 127 Å². The second-order valence-corrected chi connectivity index (χ2v) is 10.2. The molecule has 172 valence electrons. The number of hydrogen-bond donors (Lipinski definition) is 3. The lowest BCUT2D eigenvalue weighted by Gasteiger charge is -2.14. The Morgan fingerprint density at radius 1 is 1.03 bits per heavy atom. The predicted molar refractivity (Wildman–Crippen MR) is 130 cm³/mol. The summed E-state index contributed by atoms with van der Waals surface area (Å²) in [5, 5.41) is 3.02. The number of carbonyl (C=O) groups excluding carboxylic acids is 1. The number of nitrogens with zero attached hydrogens (tertiary/aromatic N) is 1. The van der Waals surface area contributed by atoms with Crippen LogP contribution in [0.5, 0.6) is 0 Å². The van der Waals surface area contributed by atoms with E-state index in [1.165, 1.54) is 24.3 Å². The average Bonchev–Trinajstić information content (AvgIpc) is 3.41. The molecule has 34 heavy (non-hydrogen) atoms. The minimum atomic E-state index is -4.16. The molecule has 0 saturated carbocycles. The van der Waals surface area contributed by atoms with Crippen LogP contribution in [0, 0.1) is 0 Å². The van der Waals surface area contributed by atoms with Gasteiger partial charge >= 0.3 is 5.69 Å². The highest BCUT2D eigenvalue weighted by molar-refractivity contribution is 7.91. The van der Waals surface area contributed by atoms with Crippen molar-refractivity contribution in [3.8, 4) is 11.1 Å². The smallest absolute Gasteiger partial charge is 0.333 e. The van der Waals surface area contributed by atoms with Gasteiger partial charge < -0.3 is 11.1 Å². The first-order valence-electron chi connectivity index (χ1n) is 10.7. The summed E-state index contributed by atoms with van der Waals surface area (Å²) in [5.41, 5.74) is 8.64. The highest BCUT2D eigenvalue weighted by Crippen LogP contribution is 2.40. The first-order valence-corrected chi connectivity index (χ1v) is 12.2. The molecule has 2 heterocycles. The molecule has 3 aromatic carbocycles. The van der Waals surface area contributed by atoms with Crippen molar-refractivity contribution in [2.75, 3.05) is 11.1 Å². The third-order valence-corrected chi connectivity index (χ3v) is 7.61. The van der Waals surface area contributed by atoms with Gasteiger partial charge in [-0.15, -0.1) is 0 Å². The van der Waals surface area contributed by atoms with E-state index in [1.54, 1.807) is 12.1 Å². The van der Waals surface area contributed by atoms with Gasteiger partial charge in [0.15, 0.2) is 5.03 Å². The van der Waals surface area contributed by atoms with Gasteiger partial charge in [-0.25, -0.2) is 17.8 Å². The van der Waals surface area contributed by atoms with Crippen LogP contribution in [0.2, 0.25) is 0 Å². The van der Waals surface area contributed by atoms with E-state index in [1.807, 2.05) is 37.3 Å². The van der Waals surface area contributed by atoms with E-state index < -0.39 is 21.4 Å². The van der Waals surface area contributed by atoms with Crippen LogP contribution in [-0.2, 0) is 16.3 Å². The lowest BCUT2D eigenvalue weighted by molar-refractivity contribution is 0.0956. The number of aromatic nitrogens is 2. The first-order chi connectivity index (χ1) is 16.3. The van der Waals surface area contributed by atoms with Crippen molar-refractivity contribution in [3.05, 3.63) is 94.5 Å². The van der Waals surface area contributed by atoms with Crippen LogP contribution in [0.1, 0.15) is 22.8 Å². The molecule has 0 aliphatic carbocycles. The number of carbonyl (C=O) groups is 1. The molecule has 9 heteroatoms. The Morgan fingerprint density at radius 3 is 2.44 bits per heavy atom. The largest absolute Gasteiger partial charge is 0.399 e. The molecule has 0 radical (unpaired) electrons. The first kappa shape index (κ1) is 21.7. The molecule has 4 N–H and O–H groups in total. The summed E-state index contributed by atoms with van der Waals surface area (Å²) in [4.78, 5) is 27.8. The Labute approximate surface area is 196 Å². The van der Waals surface area contributed by atoms with E-state index in [4.69, 9.17) is 5.73 Å². The van der Waals surface area contributed by atoms with Crippen LogP contribution >= 0.6 is 0 Å². The number of imidazole rings is 1. The Kier molecular flexibility index (Phi) is 5.13. The number of aromatic amines is 1. The number of hydrogen-bond acceptors (Lipinski definition) is 6. The lowest BCUT2D eigenvalue weighted by Crippen LogP contribution is -2.24. The molecule has 1 aliphatic rings. The Bertz CT molecular complexity index is 1570. The summed E-state index contributed by atoms with van der Waals surface area (Å²) in [5.74, 6) is -0.655. The standard InChI is InChI=1S/C25H22N4O4S/c1-15-13-19-20(27-15)11-12-21(23(19)16-5-3-2-4-6-16)34(32,33)22-14-29(25(31)28-22)24(30)17-7-9-18(26)10-8-17/h2-12,14-15,27H,13,26H2,1H3,(H,28,31). The number of anilines is 2. The quantitative estimate of drug-likeness (QED) is 0.390. The maximum atomic E-state index is 13.7. The molecular formula is C25H22N4O4S. The number of rotatable bonds is 4. The summed E-state index contributed by atoms with van der Waals surface area (Å²) in [6, 6.07) is 18.7. The zero-order chi connectivity index (χ0) is 24.0. The number of nitrogen functional groups attached to an aromatic ring is 1. The molecule has 4 aromatic rings. The summed E-state index contributed by atoms with van der Waals surface area (Å²) < 4.78 is 28.3. The summed E-state index contributed by atoms with van der Waals surface area (Å²) in [6.45, 7) is 2.03. The number of fused-ring (bicyclic) bond motifs is 1. The van der Waals surface area contributed by atoms with E-state index >= 15 is 0 Å². The second kappa shape index (κ2) is 8.03. The van der Waals surface area contributed by atoms with E-state index in [0.29, 0.717) is 17.7 Å². The zero-order valence-electron chi connectivity index (χ0n) is 18.3. The van der Waals surface area contributed by atoms with Gasteiger partial charge in [0.2, 0.25) is 9.84 Å². The van der Waals surface area contributed by atoms with E-state index in [0.717, 1.165) is 27.6 Å². The molecule has 8 nitrogen and oxygen atoms in total.